The number of benzene rings is 1. The summed E-state index contributed by atoms with van der Waals surface area (Å²) in [5.74, 6) is 0.143. The minimum Gasteiger partial charge on any atom is -0.338 e. The molecular formula is C19H16N4O2. The molecular weight excluding hydrogens is 316 g/mol. The zero-order chi connectivity index (χ0) is 17.7. The predicted molar refractivity (Wildman–Crippen MR) is 92.7 cm³/mol. The largest absolute Gasteiger partial charge is 0.338 e. The molecule has 0 amide bonds. The molecule has 0 unspecified atom stereocenters. The molecule has 0 radical (unpaired) electrons. The van der Waals surface area contributed by atoms with Crippen molar-refractivity contribution in [2.75, 3.05) is 0 Å². The first-order valence-electron chi connectivity index (χ1n) is 8.21. The highest BCUT2D eigenvalue weighted by atomic mass is 16.1. The zero-order valence-electron chi connectivity index (χ0n) is 14.0. The predicted octanol–water partition coefficient (Wildman–Crippen LogP) is 2.81. The maximum Gasteiger partial charge on any atom is 0.278 e. The molecule has 0 aliphatic heterocycles. The zero-order valence-corrected chi connectivity index (χ0v) is 14.0. The quantitative estimate of drug-likeness (QED) is 0.781. The monoisotopic (exact) mass is 332 g/mol. The summed E-state index contributed by atoms with van der Waals surface area (Å²) in [6, 6.07) is 7.71. The first kappa shape index (κ1) is 15.3. The number of nitriles is 1. The molecule has 0 saturated carbocycles. The summed E-state index contributed by atoms with van der Waals surface area (Å²) in [5, 5.41) is 13.3. The Balaban J connectivity index is 2.04. The third-order valence-electron chi connectivity index (χ3n) is 4.72. The van der Waals surface area contributed by atoms with E-state index < -0.39 is 0 Å². The molecule has 1 aliphatic rings. The number of carbonyl (C=O) groups is 1. The van der Waals surface area contributed by atoms with Crippen molar-refractivity contribution >= 4 is 11.4 Å². The van der Waals surface area contributed by atoms with Gasteiger partial charge in [-0.2, -0.15) is 14.9 Å². The van der Waals surface area contributed by atoms with Gasteiger partial charge in [0.2, 0.25) is 0 Å². The van der Waals surface area contributed by atoms with Gasteiger partial charge in [0.05, 0.1) is 11.9 Å². The Bertz CT molecular complexity index is 1130. The van der Waals surface area contributed by atoms with Crippen LogP contribution >= 0.6 is 0 Å². The number of H-pyrrole nitrogens is 1. The molecule has 1 aromatic carbocycles. The van der Waals surface area contributed by atoms with E-state index in [1.807, 2.05) is 32.0 Å². The molecule has 25 heavy (non-hydrogen) atoms. The summed E-state index contributed by atoms with van der Waals surface area (Å²) >= 11 is 0. The number of aryl methyl sites for hydroxylation is 1. The molecule has 0 spiro atoms. The Hall–Kier alpha value is -3.20. The molecule has 1 aliphatic carbocycles. The lowest BCUT2D eigenvalue weighted by Gasteiger charge is -2.14. The van der Waals surface area contributed by atoms with Crippen LogP contribution in [-0.2, 0) is 6.42 Å². The van der Waals surface area contributed by atoms with E-state index in [9.17, 15) is 14.9 Å². The van der Waals surface area contributed by atoms with E-state index in [1.165, 1.54) is 10.7 Å². The van der Waals surface area contributed by atoms with Crippen LogP contribution in [0.15, 0.2) is 29.2 Å². The number of aromatic nitrogens is 3. The van der Waals surface area contributed by atoms with Crippen molar-refractivity contribution in [3.63, 3.8) is 0 Å². The number of nitrogens with zero attached hydrogens (tertiary/aromatic N) is 3. The topological polar surface area (TPSA) is 91.0 Å². The molecule has 6 heteroatoms. The van der Waals surface area contributed by atoms with Gasteiger partial charge in [0.15, 0.2) is 11.4 Å². The Labute approximate surface area is 143 Å². The number of aromatic amines is 1. The maximum atomic E-state index is 12.9. The van der Waals surface area contributed by atoms with E-state index >= 15 is 0 Å². The van der Waals surface area contributed by atoms with Gasteiger partial charge in [0.1, 0.15) is 11.6 Å². The van der Waals surface area contributed by atoms with E-state index in [-0.39, 0.29) is 17.3 Å². The SMILES string of the molecule is CC(C)c1c(-c2ccc3c(c2)CCC3=O)[nH]c2c(C#N)cnn2c1=O. The standard InChI is InChI=1S/C19H16N4O2/c1-10(2)16-17(12-3-5-14-11(7-12)4-6-15(14)24)22-18-13(8-20)9-21-23(18)19(16)25/h3,5,7,9-10,22H,4,6H2,1-2H3. The number of hydrogen-bond donors (Lipinski definition) is 1. The number of carbonyl (C=O) groups excluding carboxylic acids is 1. The van der Waals surface area contributed by atoms with Gasteiger partial charge >= 0.3 is 0 Å². The van der Waals surface area contributed by atoms with Crippen LogP contribution in [0.1, 0.15) is 53.2 Å². The van der Waals surface area contributed by atoms with E-state index in [1.54, 1.807) is 0 Å². The van der Waals surface area contributed by atoms with Crippen LogP contribution in [0, 0.1) is 11.3 Å². The summed E-state index contributed by atoms with van der Waals surface area (Å²) in [5.41, 5.74) is 4.41. The van der Waals surface area contributed by atoms with Crippen LogP contribution in [-0.4, -0.2) is 20.4 Å². The van der Waals surface area contributed by atoms with Gasteiger partial charge < -0.3 is 4.98 Å². The highest BCUT2D eigenvalue weighted by Crippen LogP contribution is 2.30. The molecule has 0 bridgehead atoms. The molecule has 0 fully saturated rings. The Morgan fingerprint density at radius 2 is 2.08 bits per heavy atom. The molecule has 2 heterocycles. The fraction of sp³-hybridized carbons (Fsp3) is 0.263. The van der Waals surface area contributed by atoms with Crippen LogP contribution in [0.2, 0.25) is 0 Å². The van der Waals surface area contributed by atoms with Gasteiger partial charge in [-0.05, 0) is 29.5 Å². The van der Waals surface area contributed by atoms with Gasteiger partial charge in [0.25, 0.3) is 5.56 Å². The van der Waals surface area contributed by atoms with Gasteiger partial charge in [-0.25, -0.2) is 0 Å². The number of Topliss-reactive ketones (excluding diaryl/α,β-unsaturated/α-hetero) is 1. The summed E-state index contributed by atoms with van der Waals surface area (Å²) < 4.78 is 1.24. The molecule has 124 valence electrons. The van der Waals surface area contributed by atoms with Gasteiger partial charge in [-0.3, -0.25) is 9.59 Å². The summed E-state index contributed by atoms with van der Waals surface area (Å²) in [6.07, 6.45) is 2.65. The van der Waals surface area contributed by atoms with Crippen LogP contribution in [0.4, 0.5) is 0 Å². The van der Waals surface area contributed by atoms with Crippen molar-refractivity contribution in [2.24, 2.45) is 0 Å². The lowest BCUT2D eigenvalue weighted by molar-refractivity contribution is 0.0994. The fourth-order valence-electron chi connectivity index (χ4n) is 3.49. The van der Waals surface area contributed by atoms with Crippen LogP contribution < -0.4 is 5.56 Å². The third-order valence-corrected chi connectivity index (χ3v) is 4.72. The Kier molecular flexibility index (Phi) is 3.32. The minimum absolute atomic E-state index is 0.0206. The van der Waals surface area contributed by atoms with Crippen molar-refractivity contribution < 1.29 is 4.79 Å². The molecule has 4 rings (SSSR count). The van der Waals surface area contributed by atoms with Crippen LogP contribution in [0.3, 0.4) is 0 Å². The van der Waals surface area contributed by atoms with Crippen LogP contribution in [0.5, 0.6) is 0 Å². The van der Waals surface area contributed by atoms with Gasteiger partial charge in [0, 0.05) is 17.5 Å². The summed E-state index contributed by atoms with van der Waals surface area (Å²) in [7, 11) is 0. The Morgan fingerprint density at radius 1 is 1.28 bits per heavy atom. The molecule has 6 nitrogen and oxygen atoms in total. The van der Waals surface area contributed by atoms with Crippen molar-refractivity contribution in [1.29, 1.82) is 5.26 Å². The van der Waals surface area contributed by atoms with Crippen LogP contribution in [0.25, 0.3) is 16.9 Å². The summed E-state index contributed by atoms with van der Waals surface area (Å²) in [4.78, 5) is 28.0. The number of ketones is 1. The Morgan fingerprint density at radius 3 is 2.80 bits per heavy atom. The average Bonchev–Trinajstić information content (AvgIpc) is 3.17. The van der Waals surface area contributed by atoms with Gasteiger partial charge in [-0.1, -0.05) is 26.0 Å². The fourth-order valence-corrected chi connectivity index (χ4v) is 3.49. The average molecular weight is 332 g/mol. The second-order valence-electron chi connectivity index (χ2n) is 6.60. The third kappa shape index (κ3) is 2.20. The molecule has 2 aromatic heterocycles. The molecule has 0 saturated heterocycles. The van der Waals surface area contributed by atoms with Gasteiger partial charge in [-0.15, -0.1) is 0 Å². The van der Waals surface area contributed by atoms with Crippen molar-refractivity contribution in [2.45, 2.75) is 32.6 Å². The highest BCUT2D eigenvalue weighted by molar-refractivity contribution is 6.01. The van der Waals surface area contributed by atoms with Crippen molar-refractivity contribution in [3.05, 3.63) is 57.0 Å². The lowest BCUT2D eigenvalue weighted by atomic mass is 9.96. The van der Waals surface area contributed by atoms with E-state index in [0.29, 0.717) is 28.9 Å². The minimum atomic E-state index is -0.225. The molecule has 3 aromatic rings. The van der Waals surface area contributed by atoms with Crippen molar-refractivity contribution in [1.82, 2.24) is 14.6 Å². The number of rotatable bonds is 2. The lowest BCUT2D eigenvalue weighted by Crippen LogP contribution is -2.22. The first-order chi connectivity index (χ1) is 12.0. The van der Waals surface area contributed by atoms with E-state index in [2.05, 4.69) is 16.2 Å². The maximum absolute atomic E-state index is 12.9. The normalized spacial score (nSPS) is 13.4. The van der Waals surface area contributed by atoms with E-state index in [0.717, 1.165) is 23.1 Å². The second kappa shape index (κ2) is 5.42. The number of nitrogens with one attached hydrogen (secondary N) is 1. The number of fused-ring (bicyclic) bond motifs is 2. The number of hydrogen-bond acceptors (Lipinski definition) is 4. The first-order valence-corrected chi connectivity index (χ1v) is 8.21. The molecule has 1 N–H and O–H groups in total. The summed E-state index contributed by atoms with van der Waals surface area (Å²) in [6.45, 7) is 3.90. The van der Waals surface area contributed by atoms with E-state index in [4.69, 9.17) is 0 Å². The second-order valence-corrected chi connectivity index (χ2v) is 6.60. The highest BCUT2D eigenvalue weighted by Gasteiger charge is 2.23. The van der Waals surface area contributed by atoms with Crippen molar-refractivity contribution in [3.8, 4) is 17.3 Å². The smallest absolute Gasteiger partial charge is 0.278 e. The molecule has 0 atom stereocenters.